The van der Waals surface area contributed by atoms with Crippen LogP contribution in [0.15, 0.2) is 16.6 Å². The summed E-state index contributed by atoms with van der Waals surface area (Å²) in [4.78, 5) is 1.86. The fourth-order valence-corrected chi connectivity index (χ4v) is 1.37. The molecule has 9 heteroatoms. The first-order valence-electron chi connectivity index (χ1n) is 3.95. The molecule has 0 radical (unpaired) electrons. The third kappa shape index (κ3) is 2.82. The lowest BCUT2D eigenvalue weighted by atomic mass is 9.95. The molecule has 0 saturated carbocycles. The second-order valence-electron chi connectivity index (χ2n) is 2.99. The molecule has 0 saturated heterocycles. The molecular formula is C8H2F6N2S. The first-order chi connectivity index (χ1) is 7.57. The number of hydrogen-bond acceptors (Lipinski definition) is 2. The van der Waals surface area contributed by atoms with Gasteiger partial charge in [-0.1, -0.05) is 12.2 Å². The minimum atomic E-state index is -5.06. The Labute approximate surface area is 96.2 Å². The Morgan fingerprint density at radius 2 is 1.71 bits per heavy atom. The zero-order valence-corrected chi connectivity index (χ0v) is 8.54. The summed E-state index contributed by atoms with van der Waals surface area (Å²) in [5.74, 6) is -1.98. The van der Waals surface area contributed by atoms with Crippen LogP contribution >= 0.6 is 12.2 Å². The van der Waals surface area contributed by atoms with Gasteiger partial charge in [0, 0.05) is 0 Å². The largest absolute Gasteiger partial charge is 0.433 e. The Hall–Kier alpha value is -1.43. The number of rotatable bonds is 0. The highest BCUT2D eigenvalue weighted by Crippen LogP contribution is 2.36. The maximum Gasteiger partial charge on any atom is 0.433 e. The summed E-state index contributed by atoms with van der Waals surface area (Å²) in [5, 5.41) is 8.46. The lowest BCUT2D eigenvalue weighted by Gasteiger charge is -2.21. The molecule has 0 N–H and O–H groups in total. The molecule has 1 heterocycles. The number of nitriles is 1. The van der Waals surface area contributed by atoms with Crippen LogP contribution < -0.4 is 0 Å². The SMILES string of the molecule is N#CC1C(=S)N=C(C(F)(F)F)C=C1C(F)(F)F. The van der Waals surface area contributed by atoms with Gasteiger partial charge in [0.05, 0.1) is 11.6 Å². The van der Waals surface area contributed by atoms with Gasteiger partial charge in [-0.2, -0.15) is 31.6 Å². The molecule has 0 aromatic heterocycles. The molecule has 2 nitrogen and oxygen atoms in total. The molecule has 17 heavy (non-hydrogen) atoms. The number of halogens is 6. The van der Waals surface area contributed by atoms with E-state index in [2.05, 4.69) is 17.2 Å². The molecule has 0 bridgehead atoms. The maximum atomic E-state index is 12.4. The van der Waals surface area contributed by atoms with Crippen molar-refractivity contribution in [3.8, 4) is 6.07 Å². The average Bonchev–Trinajstić information content (AvgIpc) is 2.13. The summed E-state index contributed by atoms with van der Waals surface area (Å²) >= 11 is 4.27. The van der Waals surface area contributed by atoms with Gasteiger partial charge >= 0.3 is 12.4 Å². The highest BCUT2D eigenvalue weighted by atomic mass is 32.1. The Balaban J connectivity index is 3.33. The summed E-state index contributed by atoms with van der Waals surface area (Å²) in [5.41, 5.74) is -3.39. The predicted octanol–water partition coefficient (Wildman–Crippen LogP) is 2.96. The Bertz CT molecular complexity index is 450. The van der Waals surface area contributed by atoms with E-state index in [9.17, 15) is 26.3 Å². The molecule has 92 valence electrons. The fourth-order valence-electron chi connectivity index (χ4n) is 1.09. The minimum absolute atomic E-state index is 0.191. The standard InChI is InChI=1S/C8H2F6N2S/c9-7(10,11)4-1-5(8(12,13)14)16-6(17)3(4)2-15/h1,3H. The molecule has 0 aromatic rings. The fraction of sp³-hybridized carbons (Fsp3) is 0.375. The summed E-state index contributed by atoms with van der Waals surface area (Å²) in [6.07, 6.45) is -10.3. The summed E-state index contributed by atoms with van der Waals surface area (Å²) in [7, 11) is 0. The highest BCUT2D eigenvalue weighted by molar-refractivity contribution is 7.80. The van der Waals surface area contributed by atoms with Crippen molar-refractivity contribution in [2.75, 3.05) is 0 Å². The quantitative estimate of drug-likeness (QED) is 0.502. The second kappa shape index (κ2) is 4.10. The van der Waals surface area contributed by atoms with E-state index in [1.54, 1.807) is 0 Å². The molecule has 1 atom stereocenters. The van der Waals surface area contributed by atoms with Crippen LogP contribution in [0.4, 0.5) is 26.3 Å². The number of dihydropyridines is 1. The van der Waals surface area contributed by atoms with Crippen molar-refractivity contribution in [1.29, 1.82) is 5.26 Å². The molecule has 0 spiro atoms. The van der Waals surface area contributed by atoms with Gasteiger partial charge in [-0.3, -0.25) is 0 Å². The van der Waals surface area contributed by atoms with E-state index in [-0.39, 0.29) is 6.08 Å². The van der Waals surface area contributed by atoms with Gasteiger partial charge in [-0.15, -0.1) is 0 Å². The van der Waals surface area contributed by atoms with Crippen molar-refractivity contribution in [1.82, 2.24) is 0 Å². The van der Waals surface area contributed by atoms with Crippen molar-refractivity contribution in [3.63, 3.8) is 0 Å². The lowest BCUT2D eigenvalue weighted by molar-refractivity contribution is -0.0952. The van der Waals surface area contributed by atoms with Crippen molar-refractivity contribution in [2.24, 2.45) is 10.9 Å². The van der Waals surface area contributed by atoms with Gasteiger partial charge in [0.1, 0.15) is 16.6 Å². The molecule has 0 aromatic carbocycles. The first-order valence-corrected chi connectivity index (χ1v) is 4.36. The summed E-state index contributed by atoms with van der Waals surface area (Å²) in [6, 6.07) is 1.18. The van der Waals surface area contributed by atoms with E-state index in [0.29, 0.717) is 0 Å². The molecular weight excluding hydrogens is 270 g/mol. The topological polar surface area (TPSA) is 36.1 Å². The lowest BCUT2D eigenvalue weighted by Crippen LogP contribution is -2.33. The Morgan fingerprint density at radius 1 is 1.18 bits per heavy atom. The van der Waals surface area contributed by atoms with E-state index in [0.717, 1.165) is 0 Å². The number of hydrogen-bond donors (Lipinski definition) is 0. The van der Waals surface area contributed by atoms with E-state index in [1.807, 2.05) is 0 Å². The molecule has 0 amide bonds. The van der Waals surface area contributed by atoms with Crippen LogP contribution in [0.3, 0.4) is 0 Å². The second-order valence-corrected chi connectivity index (χ2v) is 3.41. The van der Waals surface area contributed by atoms with Gasteiger partial charge < -0.3 is 0 Å². The van der Waals surface area contributed by atoms with Crippen LogP contribution in [0, 0.1) is 17.2 Å². The van der Waals surface area contributed by atoms with Crippen molar-refractivity contribution < 1.29 is 26.3 Å². The molecule has 1 unspecified atom stereocenters. The minimum Gasteiger partial charge on any atom is -0.235 e. The zero-order valence-electron chi connectivity index (χ0n) is 7.73. The Kier molecular flexibility index (Phi) is 3.29. The zero-order chi connectivity index (χ0) is 13.4. The van der Waals surface area contributed by atoms with Crippen LogP contribution in [0.25, 0.3) is 0 Å². The predicted molar refractivity (Wildman–Crippen MR) is 49.3 cm³/mol. The molecule has 1 aliphatic heterocycles. The molecule has 0 aliphatic carbocycles. The van der Waals surface area contributed by atoms with Crippen molar-refractivity contribution in [2.45, 2.75) is 12.4 Å². The summed E-state index contributed by atoms with van der Waals surface area (Å²) < 4.78 is 73.9. The van der Waals surface area contributed by atoms with E-state index >= 15 is 0 Å². The highest BCUT2D eigenvalue weighted by Gasteiger charge is 2.46. The van der Waals surface area contributed by atoms with Crippen molar-refractivity contribution >= 4 is 22.9 Å². The normalized spacial score (nSPS) is 21.7. The molecule has 1 rings (SSSR count). The number of alkyl halides is 6. The van der Waals surface area contributed by atoms with Gasteiger partial charge in [0.15, 0.2) is 0 Å². The third-order valence-corrected chi connectivity index (χ3v) is 2.15. The first kappa shape index (κ1) is 13.6. The van der Waals surface area contributed by atoms with Gasteiger partial charge in [-0.25, -0.2) is 4.99 Å². The monoisotopic (exact) mass is 272 g/mol. The van der Waals surface area contributed by atoms with E-state index < -0.39 is 34.5 Å². The third-order valence-electron chi connectivity index (χ3n) is 1.83. The average molecular weight is 272 g/mol. The van der Waals surface area contributed by atoms with Crippen LogP contribution in [0.2, 0.25) is 0 Å². The number of aliphatic imine (C=N–C) groups is 1. The number of nitrogens with zero attached hydrogens (tertiary/aromatic N) is 2. The van der Waals surface area contributed by atoms with Gasteiger partial charge in [0.25, 0.3) is 0 Å². The maximum absolute atomic E-state index is 12.4. The summed E-state index contributed by atoms with van der Waals surface area (Å²) in [6.45, 7) is 0. The van der Waals surface area contributed by atoms with Gasteiger partial charge in [-0.05, 0) is 6.08 Å². The molecule has 1 aliphatic rings. The van der Waals surface area contributed by atoms with Crippen LogP contribution in [0.1, 0.15) is 0 Å². The van der Waals surface area contributed by atoms with Crippen LogP contribution in [-0.4, -0.2) is 23.1 Å². The van der Waals surface area contributed by atoms with E-state index in [4.69, 9.17) is 5.26 Å². The smallest absolute Gasteiger partial charge is 0.235 e. The van der Waals surface area contributed by atoms with Crippen LogP contribution in [-0.2, 0) is 0 Å². The Morgan fingerprint density at radius 3 is 2.06 bits per heavy atom. The number of allylic oxidation sites excluding steroid dienone is 1. The van der Waals surface area contributed by atoms with Crippen molar-refractivity contribution in [3.05, 3.63) is 11.6 Å². The van der Waals surface area contributed by atoms with E-state index in [1.165, 1.54) is 6.07 Å². The van der Waals surface area contributed by atoms with Gasteiger partial charge in [0.2, 0.25) is 0 Å². The van der Waals surface area contributed by atoms with Crippen LogP contribution in [0.5, 0.6) is 0 Å². The number of thiocarbonyl (C=S) groups is 1. The molecule has 0 fully saturated rings.